The van der Waals surface area contributed by atoms with Crippen LogP contribution < -0.4 is 0 Å². The van der Waals surface area contributed by atoms with Gasteiger partial charge in [0.15, 0.2) is 0 Å². The molecule has 1 N–H and O–H groups in total. The molecule has 8 rings (SSSR count). The molecule has 4 nitrogen and oxygen atoms in total. The largest absolute Gasteiger partial charge is 0.507 e. The first-order chi connectivity index (χ1) is 29.5. The number of fused-ring (bicyclic) bond motifs is 1. The summed E-state index contributed by atoms with van der Waals surface area (Å²) < 4.78 is 63.8. The number of hydrogen-bond donors (Lipinski definition) is 1. The van der Waals surface area contributed by atoms with Crippen molar-refractivity contribution in [3.8, 4) is 67.5 Å². The van der Waals surface area contributed by atoms with Gasteiger partial charge < -0.3 is 5.11 Å². The zero-order valence-corrected chi connectivity index (χ0v) is 32.0. The topological polar surface area (TPSA) is 50.9 Å². The van der Waals surface area contributed by atoms with Crippen LogP contribution in [0.3, 0.4) is 0 Å². The zero-order valence-electron chi connectivity index (χ0n) is 39.0. The predicted octanol–water partition coefficient (Wildman–Crippen LogP) is 13.3. The molecule has 0 saturated carbocycles. The van der Waals surface area contributed by atoms with Crippen molar-refractivity contribution >= 4 is 11.0 Å². The van der Waals surface area contributed by atoms with Gasteiger partial charge in [-0.25, -0.2) is 4.98 Å². The van der Waals surface area contributed by atoms with E-state index in [2.05, 4.69) is 80.6 Å². The SMILES string of the molecule is [2H]c1nc(-c2cc(-c3cccc4c3nc(-c3ccccc3O)n4-c3ccc(CC(C)C)cc3-c3ccccc3)cc(C(C)(C)C)c2)c([2H])c(-c2c([2H])c([2H])c(C)c([2H])c2[2H])c1[2H]. The number of rotatable bonds is 8. The summed E-state index contributed by atoms with van der Waals surface area (Å²) in [6.45, 7) is 12.2. The first kappa shape index (κ1) is 28.2. The van der Waals surface area contributed by atoms with E-state index in [-0.39, 0.29) is 58.3 Å². The molecule has 0 radical (unpaired) electrons. The molecule has 0 fully saturated rings. The van der Waals surface area contributed by atoms with Crippen LogP contribution in [0, 0.1) is 12.8 Å². The molecule has 6 aromatic carbocycles. The van der Waals surface area contributed by atoms with Gasteiger partial charge in [0.25, 0.3) is 0 Å². The molecule has 272 valence electrons. The summed E-state index contributed by atoms with van der Waals surface area (Å²) in [5.41, 5.74) is 8.56. The van der Waals surface area contributed by atoms with Gasteiger partial charge in [-0.15, -0.1) is 0 Å². The van der Waals surface area contributed by atoms with Gasteiger partial charge in [0.2, 0.25) is 0 Å². The number of phenols is 1. The predicted molar refractivity (Wildman–Crippen MR) is 230 cm³/mol. The van der Waals surface area contributed by atoms with E-state index in [9.17, 15) is 6.48 Å². The number of benzene rings is 6. The lowest BCUT2D eigenvalue weighted by Gasteiger charge is -2.22. The molecule has 0 saturated heterocycles. The van der Waals surface area contributed by atoms with Crippen LogP contribution in [0.2, 0.25) is 0 Å². The molecule has 0 unspecified atom stereocenters. The Kier molecular flexibility index (Phi) is 7.45. The van der Waals surface area contributed by atoms with Crippen LogP contribution in [0.4, 0.5) is 0 Å². The van der Waals surface area contributed by atoms with E-state index in [1.165, 1.54) is 12.5 Å². The molecule has 2 heterocycles. The van der Waals surface area contributed by atoms with E-state index in [1.807, 2.05) is 60.7 Å². The van der Waals surface area contributed by atoms with E-state index in [0.717, 1.165) is 45.4 Å². The van der Waals surface area contributed by atoms with E-state index in [4.69, 9.17) is 13.2 Å². The summed E-state index contributed by atoms with van der Waals surface area (Å²) in [4.78, 5) is 9.82. The number of pyridine rings is 1. The van der Waals surface area contributed by atoms with Crippen molar-refractivity contribution in [1.82, 2.24) is 14.5 Å². The molecule has 0 aliphatic rings. The van der Waals surface area contributed by atoms with E-state index >= 15 is 0 Å². The van der Waals surface area contributed by atoms with Crippen molar-refractivity contribution in [3.05, 3.63) is 168 Å². The first-order valence-electron chi connectivity index (χ1n) is 22.2. The van der Waals surface area contributed by atoms with Gasteiger partial charge in [-0.1, -0.05) is 131 Å². The fourth-order valence-electron chi connectivity index (χ4n) is 7.08. The Morgan fingerprint density at radius 2 is 1.42 bits per heavy atom. The maximum Gasteiger partial charge on any atom is 0.149 e. The summed E-state index contributed by atoms with van der Waals surface area (Å²) in [6, 6.07) is 33.9. The van der Waals surface area contributed by atoms with Crippen molar-refractivity contribution in [2.75, 3.05) is 0 Å². The van der Waals surface area contributed by atoms with E-state index in [1.54, 1.807) is 12.1 Å². The van der Waals surface area contributed by atoms with Crippen LogP contribution in [0.25, 0.3) is 72.7 Å². The molecule has 8 aromatic rings. The number of phenolic OH excluding ortho intramolecular Hbond substituents is 1. The second-order valence-corrected chi connectivity index (χ2v) is 15.5. The van der Waals surface area contributed by atoms with E-state index in [0.29, 0.717) is 28.4 Å². The maximum absolute atomic E-state index is 11.4. The second-order valence-electron chi connectivity index (χ2n) is 15.5. The van der Waals surface area contributed by atoms with Gasteiger partial charge in [0, 0.05) is 22.9 Å². The summed E-state index contributed by atoms with van der Waals surface area (Å²) in [7, 11) is 0. The Labute approximate surface area is 334 Å². The summed E-state index contributed by atoms with van der Waals surface area (Å²) >= 11 is 0. The van der Waals surface area contributed by atoms with Crippen LogP contribution >= 0.6 is 0 Å². The number of aromatic hydroxyl groups is 1. The van der Waals surface area contributed by atoms with Crippen molar-refractivity contribution in [1.29, 1.82) is 0 Å². The molecule has 0 bridgehead atoms. The highest BCUT2D eigenvalue weighted by atomic mass is 16.3. The number of nitrogens with zero attached hydrogens (tertiary/aromatic N) is 3. The molecule has 0 aliphatic heterocycles. The third-order valence-corrected chi connectivity index (χ3v) is 9.84. The average molecular weight is 725 g/mol. The molecule has 2 aromatic heterocycles. The lowest BCUT2D eigenvalue weighted by Crippen LogP contribution is -2.11. The fourth-order valence-corrected chi connectivity index (χ4v) is 7.08. The first-order valence-corrected chi connectivity index (χ1v) is 18.7. The lowest BCUT2D eigenvalue weighted by molar-refractivity contribution is 0.477. The Bertz CT molecular complexity index is 3030. The van der Waals surface area contributed by atoms with Crippen LogP contribution in [0.1, 0.15) is 60.9 Å². The smallest absolute Gasteiger partial charge is 0.149 e. The Morgan fingerprint density at radius 3 is 2.16 bits per heavy atom. The molecule has 0 aliphatic carbocycles. The van der Waals surface area contributed by atoms with Crippen LogP contribution in [0.15, 0.2) is 152 Å². The summed E-state index contributed by atoms with van der Waals surface area (Å²) in [5, 5.41) is 11.4. The van der Waals surface area contributed by atoms with Gasteiger partial charge >= 0.3 is 0 Å². The van der Waals surface area contributed by atoms with Gasteiger partial charge in [0.05, 0.1) is 37.6 Å². The number of aromatic nitrogens is 3. The Hall–Kier alpha value is -6.26. The Morgan fingerprint density at radius 1 is 0.691 bits per heavy atom. The Balaban J connectivity index is 1.42. The van der Waals surface area contributed by atoms with Crippen LogP contribution in [-0.2, 0) is 11.8 Å². The third kappa shape index (κ3) is 7.20. The number of imidazole rings is 1. The van der Waals surface area contributed by atoms with Crippen LogP contribution in [-0.4, -0.2) is 19.6 Å². The maximum atomic E-state index is 11.4. The third-order valence-electron chi connectivity index (χ3n) is 9.84. The molecule has 0 spiro atoms. The van der Waals surface area contributed by atoms with Crippen LogP contribution in [0.5, 0.6) is 5.75 Å². The highest BCUT2D eigenvalue weighted by Crippen LogP contribution is 2.42. The van der Waals surface area contributed by atoms with E-state index < -0.39 is 17.6 Å². The zero-order chi connectivity index (χ0) is 44.4. The molecule has 0 atom stereocenters. The van der Waals surface area contributed by atoms with Gasteiger partial charge in [-0.2, -0.15) is 0 Å². The minimum atomic E-state index is -0.451. The number of hydrogen-bond acceptors (Lipinski definition) is 3. The molecule has 0 amide bonds. The second kappa shape index (κ2) is 14.5. The van der Waals surface area contributed by atoms with Crippen molar-refractivity contribution in [2.24, 2.45) is 5.92 Å². The van der Waals surface area contributed by atoms with Crippen molar-refractivity contribution in [2.45, 2.75) is 53.4 Å². The molecular formula is C51H47N3O. The molecule has 55 heavy (non-hydrogen) atoms. The standard InChI is InChI=1S/C51H47N3O/c1-33(2)27-35-21-24-46(44(28-35)37-13-8-7-9-14-37)54-47-17-12-16-42(49(47)53-50(54)43-15-10-11-18-48(43)55)39-29-40(31-41(30-39)51(4,5)6)45-32-38(25-26-52-45)36-22-19-34(3)20-23-36/h7-26,28-33,55H,27H2,1-6H3/i19D,20D,22D,23D,25D,26D,32D. The molecular weight excluding hydrogens is 671 g/mol. The average Bonchev–Trinajstić information content (AvgIpc) is 3.64. The highest BCUT2D eigenvalue weighted by Gasteiger charge is 2.24. The van der Waals surface area contributed by atoms with Gasteiger partial charge in [-0.05, 0) is 113 Å². The normalized spacial score (nSPS) is 13.5. The quantitative estimate of drug-likeness (QED) is 0.170. The highest BCUT2D eigenvalue weighted by molar-refractivity contribution is 5.97. The van der Waals surface area contributed by atoms with Gasteiger partial charge in [0.1, 0.15) is 11.6 Å². The van der Waals surface area contributed by atoms with Gasteiger partial charge in [-0.3, -0.25) is 9.55 Å². The fraction of sp³-hybridized carbons (Fsp3) is 0.176. The lowest BCUT2D eigenvalue weighted by atomic mass is 9.83. The summed E-state index contributed by atoms with van der Waals surface area (Å²) in [5.74, 6) is 1.09. The summed E-state index contributed by atoms with van der Waals surface area (Å²) in [6.07, 6.45) is 0.458. The monoisotopic (exact) mass is 724 g/mol. The number of para-hydroxylation sites is 2. The van der Waals surface area contributed by atoms with Crippen molar-refractivity contribution in [3.63, 3.8) is 0 Å². The minimum absolute atomic E-state index is 0.0763. The minimum Gasteiger partial charge on any atom is -0.507 e. The molecule has 4 heteroatoms. The van der Waals surface area contributed by atoms with Crippen molar-refractivity contribution < 1.29 is 14.7 Å².